The van der Waals surface area contributed by atoms with Crippen molar-refractivity contribution in [1.82, 2.24) is 0 Å². The number of benzene rings is 2. The number of hydrogen-bond acceptors (Lipinski definition) is 5. The zero-order valence-electron chi connectivity index (χ0n) is 16.7. The van der Waals surface area contributed by atoms with Gasteiger partial charge in [-0.25, -0.2) is 0 Å². The third-order valence-corrected chi connectivity index (χ3v) is 3.53. The van der Waals surface area contributed by atoms with Gasteiger partial charge in [0.05, 0.1) is 10.8 Å². The maximum Gasteiger partial charge on any atom is 0.316 e. The Kier molecular flexibility index (Phi) is 5.94. The average Bonchev–Trinajstić information content (AvgIpc) is 2.56. The van der Waals surface area contributed by atoms with Crippen LogP contribution in [0.15, 0.2) is 48.5 Å². The van der Waals surface area contributed by atoms with Crippen LogP contribution in [0, 0.1) is 10.8 Å². The summed E-state index contributed by atoms with van der Waals surface area (Å²) >= 11 is 0. The molecule has 0 aliphatic rings. The average molecular weight is 370 g/mol. The lowest BCUT2D eigenvalue weighted by molar-refractivity contribution is -0.143. The van der Waals surface area contributed by atoms with Crippen LogP contribution >= 0.6 is 0 Å². The van der Waals surface area contributed by atoms with Crippen molar-refractivity contribution in [2.75, 3.05) is 0 Å². The fraction of sp³-hybridized carbons (Fsp3) is 0.364. The Labute approximate surface area is 160 Å². The first-order valence-corrected chi connectivity index (χ1v) is 8.78. The van der Waals surface area contributed by atoms with Gasteiger partial charge in [0.1, 0.15) is 23.0 Å². The van der Waals surface area contributed by atoms with Crippen LogP contribution in [-0.4, -0.2) is 11.9 Å². The summed E-state index contributed by atoms with van der Waals surface area (Å²) in [7, 11) is 0. The van der Waals surface area contributed by atoms with Gasteiger partial charge >= 0.3 is 11.9 Å². The van der Waals surface area contributed by atoms with E-state index in [1.165, 1.54) is 0 Å². The van der Waals surface area contributed by atoms with Gasteiger partial charge in [-0.3, -0.25) is 9.59 Å². The van der Waals surface area contributed by atoms with Crippen molar-refractivity contribution < 1.29 is 23.8 Å². The normalized spacial score (nSPS) is 11.6. The lowest BCUT2D eigenvalue weighted by Gasteiger charge is -2.16. The van der Waals surface area contributed by atoms with Gasteiger partial charge in [0, 0.05) is 0 Å². The van der Waals surface area contributed by atoms with Crippen LogP contribution in [-0.2, 0) is 9.59 Å². The van der Waals surface area contributed by atoms with Crippen LogP contribution < -0.4 is 14.2 Å². The second-order valence-electron chi connectivity index (χ2n) is 8.32. The van der Waals surface area contributed by atoms with Gasteiger partial charge in [0.25, 0.3) is 0 Å². The van der Waals surface area contributed by atoms with E-state index in [0.717, 1.165) is 0 Å². The Bertz CT molecular complexity index is 721. The third kappa shape index (κ3) is 6.13. The molecule has 0 amide bonds. The van der Waals surface area contributed by atoms with Gasteiger partial charge < -0.3 is 14.2 Å². The molecule has 0 N–H and O–H groups in total. The minimum Gasteiger partial charge on any atom is -0.457 e. The van der Waals surface area contributed by atoms with E-state index in [2.05, 4.69) is 0 Å². The molecule has 0 atom stereocenters. The molecular formula is C22H26O5. The first-order chi connectivity index (χ1) is 12.4. The predicted octanol–water partition coefficient (Wildman–Crippen LogP) is 5.38. The summed E-state index contributed by atoms with van der Waals surface area (Å²) in [5.41, 5.74) is -1.12. The molecule has 0 radical (unpaired) electrons. The number of carbonyl (C=O) groups excluding carboxylic acids is 2. The molecular weight excluding hydrogens is 344 g/mol. The van der Waals surface area contributed by atoms with Crippen molar-refractivity contribution in [2.45, 2.75) is 41.5 Å². The summed E-state index contributed by atoms with van der Waals surface area (Å²) in [4.78, 5) is 23.8. The van der Waals surface area contributed by atoms with E-state index in [4.69, 9.17) is 14.2 Å². The van der Waals surface area contributed by atoms with Crippen LogP contribution in [0.4, 0.5) is 0 Å². The molecule has 5 heteroatoms. The fourth-order valence-electron chi connectivity index (χ4n) is 1.81. The van der Waals surface area contributed by atoms with Gasteiger partial charge in [-0.2, -0.15) is 0 Å². The molecule has 0 heterocycles. The molecule has 2 aromatic carbocycles. The predicted molar refractivity (Wildman–Crippen MR) is 103 cm³/mol. The standard InChI is InChI=1S/C22H26O5/c1-21(2,3)19(23)26-17-11-7-15(8-12-17)25-16-9-13-18(14-10-16)27-20(24)22(4,5)6/h7-14H,1-6H3. The molecule has 5 nitrogen and oxygen atoms in total. The highest BCUT2D eigenvalue weighted by atomic mass is 16.5. The Morgan fingerprint density at radius 1 is 0.556 bits per heavy atom. The van der Waals surface area contributed by atoms with E-state index in [9.17, 15) is 9.59 Å². The van der Waals surface area contributed by atoms with E-state index >= 15 is 0 Å². The highest BCUT2D eigenvalue weighted by Crippen LogP contribution is 2.27. The van der Waals surface area contributed by atoms with Crippen molar-refractivity contribution >= 4 is 11.9 Å². The number of ether oxygens (including phenoxy) is 3. The lowest BCUT2D eigenvalue weighted by atomic mass is 9.97. The molecule has 2 aromatic rings. The third-order valence-electron chi connectivity index (χ3n) is 3.53. The molecule has 0 unspecified atom stereocenters. The van der Waals surface area contributed by atoms with E-state index in [-0.39, 0.29) is 11.9 Å². The van der Waals surface area contributed by atoms with E-state index < -0.39 is 10.8 Å². The van der Waals surface area contributed by atoms with Crippen LogP contribution in [0.25, 0.3) is 0 Å². The molecule has 27 heavy (non-hydrogen) atoms. The first-order valence-electron chi connectivity index (χ1n) is 8.78. The molecule has 0 bridgehead atoms. The Morgan fingerprint density at radius 2 is 0.815 bits per heavy atom. The van der Waals surface area contributed by atoms with E-state index in [1.54, 1.807) is 90.1 Å². The topological polar surface area (TPSA) is 61.8 Å². The molecule has 144 valence electrons. The van der Waals surface area contributed by atoms with Crippen LogP contribution in [0.2, 0.25) is 0 Å². The van der Waals surface area contributed by atoms with E-state index in [0.29, 0.717) is 23.0 Å². The number of carbonyl (C=O) groups is 2. The maximum absolute atomic E-state index is 11.9. The van der Waals surface area contributed by atoms with Crippen molar-refractivity contribution in [3.05, 3.63) is 48.5 Å². The zero-order valence-corrected chi connectivity index (χ0v) is 16.7. The largest absolute Gasteiger partial charge is 0.457 e. The highest BCUT2D eigenvalue weighted by Gasteiger charge is 2.24. The molecule has 0 aromatic heterocycles. The van der Waals surface area contributed by atoms with Crippen molar-refractivity contribution in [1.29, 1.82) is 0 Å². The van der Waals surface area contributed by atoms with E-state index in [1.807, 2.05) is 0 Å². The molecule has 2 rings (SSSR count). The Morgan fingerprint density at radius 3 is 1.07 bits per heavy atom. The van der Waals surface area contributed by atoms with Gasteiger partial charge in [-0.1, -0.05) is 0 Å². The first kappa shape index (κ1) is 20.5. The van der Waals surface area contributed by atoms with Gasteiger partial charge in [0.2, 0.25) is 0 Å². The number of hydrogen-bond donors (Lipinski definition) is 0. The van der Waals surface area contributed by atoms with Crippen molar-refractivity contribution in [3.8, 4) is 23.0 Å². The molecule has 0 aliphatic heterocycles. The monoisotopic (exact) mass is 370 g/mol. The van der Waals surface area contributed by atoms with Crippen LogP contribution in [0.1, 0.15) is 41.5 Å². The summed E-state index contributed by atoms with van der Waals surface area (Å²) in [5, 5.41) is 0. The fourth-order valence-corrected chi connectivity index (χ4v) is 1.81. The molecule has 0 saturated heterocycles. The van der Waals surface area contributed by atoms with Gasteiger partial charge in [-0.15, -0.1) is 0 Å². The summed E-state index contributed by atoms with van der Waals surface area (Å²) in [6.07, 6.45) is 0. The molecule has 0 spiro atoms. The Balaban J connectivity index is 1.97. The molecule has 0 saturated carbocycles. The van der Waals surface area contributed by atoms with Crippen molar-refractivity contribution in [3.63, 3.8) is 0 Å². The summed E-state index contributed by atoms with van der Waals surface area (Å²) in [5.74, 6) is 1.54. The molecule has 0 fully saturated rings. The summed E-state index contributed by atoms with van der Waals surface area (Å²) < 4.78 is 16.4. The smallest absolute Gasteiger partial charge is 0.316 e. The van der Waals surface area contributed by atoms with Gasteiger partial charge in [-0.05, 0) is 90.1 Å². The lowest BCUT2D eigenvalue weighted by Crippen LogP contribution is -2.25. The minimum atomic E-state index is -0.562. The maximum atomic E-state index is 11.9. The second kappa shape index (κ2) is 7.82. The zero-order chi connectivity index (χ0) is 20.2. The van der Waals surface area contributed by atoms with Crippen molar-refractivity contribution in [2.24, 2.45) is 10.8 Å². The summed E-state index contributed by atoms with van der Waals surface area (Å²) in [6.45, 7) is 10.8. The number of rotatable bonds is 4. The minimum absolute atomic E-state index is 0.295. The highest BCUT2D eigenvalue weighted by molar-refractivity contribution is 5.78. The number of esters is 2. The second-order valence-corrected chi connectivity index (χ2v) is 8.32. The quantitative estimate of drug-likeness (QED) is 0.534. The molecule has 0 aliphatic carbocycles. The Hall–Kier alpha value is -2.82. The SMILES string of the molecule is CC(C)(C)C(=O)Oc1ccc(Oc2ccc(OC(=O)C(C)(C)C)cc2)cc1. The van der Waals surface area contributed by atoms with Crippen LogP contribution in [0.5, 0.6) is 23.0 Å². The van der Waals surface area contributed by atoms with Crippen LogP contribution in [0.3, 0.4) is 0 Å². The van der Waals surface area contributed by atoms with Gasteiger partial charge in [0.15, 0.2) is 0 Å². The summed E-state index contributed by atoms with van der Waals surface area (Å²) in [6, 6.07) is 13.6.